The number of phenolic OH excluding ortho intramolecular Hbond substituents is 1. The predicted molar refractivity (Wildman–Crippen MR) is 75.0 cm³/mol. The summed E-state index contributed by atoms with van der Waals surface area (Å²) >= 11 is 3.07. The van der Waals surface area contributed by atoms with Crippen molar-refractivity contribution < 1.29 is 9.50 Å². The third kappa shape index (κ3) is 2.54. The highest BCUT2D eigenvalue weighted by atomic mass is 79.9. The summed E-state index contributed by atoms with van der Waals surface area (Å²) < 4.78 is 14.3. The summed E-state index contributed by atoms with van der Waals surface area (Å²) in [5.41, 5.74) is 1.21. The summed E-state index contributed by atoms with van der Waals surface area (Å²) in [5.74, 6) is -0.401. The van der Waals surface area contributed by atoms with Gasteiger partial charge in [-0.15, -0.1) is 0 Å². The molecule has 0 aliphatic carbocycles. The molecule has 0 radical (unpaired) electrons. The lowest BCUT2D eigenvalue weighted by molar-refractivity contribution is 0.475. The maximum atomic E-state index is 14.2. The molecule has 19 heavy (non-hydrogen) atoms. The quantitative estimate of drug-likeness (QED) is 0.911. The van der Waals surface area contributed by atoms with Crippen LogP contribution in [0.5, 0.6) is 5.75 Å². The molecule has 5 heteroatoms. The van der Waals surface area contributed by atoms with Crippen molar-refractivity contribution in [3.8, 4) is 11.8 Å². The molecule has 0 spiro atoms. The number of aromatic hydroxyl groups is 1. The van der Waals surface area contributed by atoms with Gasteiger partial charge in [-0.25, -0.2) is 4.39 Å². The molecule has 0 aliphatic rings. The fraction of sp³-hybridized carbons (Fsp3) is 0.0714. The summed E-state index contributed by atoms with van der Waals surface area (Å²) in [7, 11) is 1.69. The van der Waals surface area contributed by atoms with E-state index in [-0.39, 0.29) is 15.8 Å². The van der Waals surface area contributed by atoms with Crippen molar-refractivity contribution in [2.24, 2.45) is 0 Å². The van der Waals surface area contributed by atoms with Gasteiger partial charge in [0.2, 0.25) is 0 Å². The van der Waals surface area contributed by atoms with Crippen molar-refractivity contribution in [1.29, 1.82) is 5.26 Å². The molecule has 0 aliphatic heterocycles. The number of halogens is 2. The van der Waals surface area contributed by atoms with Crippen LogP contribution in [0.25, 0.3) is 0 Å². The standard InChI is InChI=1S/C14H10BrFN2O/c1-18(10-3-2-4-11(19)7-10)12-6-5-9(8-17)13(15)14(12)16/h2-7,19H,1H3. The maximum absolute atomic E-state index is 14.2. The second kappa shape index (κ2) is 5.29. The van der Waals surface area contributed by atoms with Gasteiger partial charge in [0.05, 0.1) is 15.7 Å². The smallest absolute Gasteiger partial charge is 0.162 e. The molecule has 0 saturated carbocycles. The van der Waals surface area contributed by atoms with Crippen molar-refractivity contribution in [1.82, 2.24) is 0 Å². The van der Waals surface area contributed by atoms with E-state index in [1.807, 2.05) is 6.07 Å². The molecule has 3 nitrogen and oxygen atoms in total. The molecule has 96 valence electrons. The molecule has 0 amide bonds. The SMILES string of the molecule is CN(c1cccc(O)c1)c1ccc(C#N)c(Br)c1F. The zero-order valence-electron chi connectivity index (χ0n) is 10.1. The van der Waals surface area contributed by atoms with E-state index in [4.69, 9.17) is 5.26 Å². The number of hydrogen-bond acceptors (Lipinski definition) is 3. The largest absolute Gasteiger partial charge is 0.508 e. The average Bonchev–Trinajstić information content (AvgIpc) is 2.41. The van der Waals surface area contributed by atoms with Crippen LogP contribution in [0.4, 0.5) is 15.8 Å². The van der Waals surface area contributed by atoms with E-state index in [1.165, 1.54) is 12.1 Å². The van der Waals surface area contributed by atoms with Gasteiger partial charge < -0.3 is 10.0 Å². The van der Waals surface area contributed by atoms with Gasteiger partial charge in [-0.3, -0.25) is 0 Å². The van der Waals surface area contributed by atoms with E-state index in [0.29, 0.717) is 11.4 Å². The van der Waals surface area contributed by atoms with E-state index < -0.39 is 5.82 Å². The Labute approximate surface area is 118 Å². The molecular weight excluding hydrogens is 311 g/mol. The van der Waals surface area contributed by atoms with Crippen molar-refractivity contribution in [2.45, 2.75) is 0 Å². The predicted octanol–water partition coefficient (Wildman–Crippen LogP) is 3.93. The lowest BCUT2D eigenvalue weighted by Crippen LogP contribution is -2.11. The third-order valence-corrected chi connectivity index (χ3v) is 3.54. The highest BCUT2D eigenvalue weighted by Gasteiger charge is 2.15. The van der Waals surface area contributed by atoms with Crippen molar-refractivity contribution in [2.75, 3.05) is 11.9 Å². The average molecular weight is 321 g/mol. The van der Waals surface area contributed by atoms with Gasteiger partial charge in [0.1, 0.15) is 11.8 Å². The van der Waals surface area contributed by atoms with Gasteiger partial charge in [-0.05, 0) is 40.2 Å². The lowest BCUT2D eigenvalue weighted by Gasteiger charge is -2.21. The second-order valence-electron chi connectivity index (χ2n) is 3.95. The van der Waals surface area contributed by atoms with Gasteiger partial charge in [0, 0.05) is 18.8 Å². The number of phenols is 1. The van der Waals surface area contributed by atoms with Gasteiger partial charge in [0.15, 0.2) is 5.82 Å². The number of nitrogens with zero attached hydrogens (tertiary/aromatic N) is 2. The molecule has 0 bridgehead atoms. The van der Waals surface area contributed by atoms with E-state index in [1.54, 1.807) is 36.2 Å². The molecule has 1 N–H and O–H groups in total. The lowest BCUT2D eigenvalue weighted by atomic mass is 10.2. The first kappa shape index (κ1) is 13.4. The zero-order valence-corrected chi connectivity index (χ0v) is 11.6. The Hall–Kier alpha value is -2.06. The highest BCUT2D eigenvalue weighted by molar-refractivity contribution is 9.10. The van der Waals surface area contributed by atoms with Crippen LogP contribution < -0.4 is 4.90 Å². The fourth-order valence-electron chi connectivity index (χ4n) is 1.73. The monoisotopic (exact) mass is 320 g/mol. The molecule has 0 saturated heterocycles. The third-order valence-electron chi connectivity index (χ3n) is 2.76. The van der Waals surface area contributed by atoms with Crippen LogP contribution in [-0.2, 0) is 0 Å². The number of hydrogen-bond donors (Lipinski definition) is 1. The summed E-state index contributed by atoms with van der Waals surface area (Å²) in [6, 6.07) is 11.5. The van der Waals surface area contributed by atoms with E-state index >= 15 is 0 Å². The molecule has 0 heterocycles. The topological polar surface area (TPSA) is 47.3 Å². The molecule has 2 aromatic carbocycles. The first-order chi connectivity index (χ1) is 9.04. The number of anilines is 2. The number of nitriles is 1. The summed E-state index contributed by atoms with van der Waals surface area (Å²) in [5, 5.41) is 18.3. The first-order valence-corrected chi connectivity index (χ1v) is 6.24. The molecule has 0 unspecified atom stereocenters. The molecule has 0 atom stereocenters. The Morgan fingerprint density at radius 3 is 2.68 bits per heavy atom. The summed E-state index contributed by atoms with van der Waals surface area (Å²) in [4.78, 5) is 1.60. The van der Waals surface area contributed by atoms with E-state index in [0.717, 1.165) is 0 Å². The first-order valence-electron chi connectivity index (χ1n) is 5.45. The minimum absolute atomic E-state index is 0.109. The molecule has 0 aromatic heterocycles. The highest BCUT2D eigenvalue weighted by Crippen LogP contribution is 2.33. The van der Waals surface area contributed by atoms with Crippen LogP contribution in [-0.4, -0.2) is 12.2 Å². The van der Waals surface area contributed by atoms with Crippen LogP contribution in [0, 0.1) is 17.1 Å². The maximum Gasteiger partial charge on any atom is 0.162 e. The number of rotatable bonds is 2. The molecule has 2 aromatic rings. The van der Waals surface area contributed by atoms with Crippen molar-refractivity contribution in [3.05, 3.63) is 52.3 Å². The Balaban J connectivity index is 2.48. The Kier molecular flexibility index (Phi) is 3.72. The zero-order chi connectivity index (χ0) is 14.0. The van der Waals surface area contributed by atoms with Crippen LogP contribution >= 0.6 is 15.9 Å². The molecule has 0 fully saturated rings. The summed E-state index contributed by atoms with van der Waals surface area (Å²) in [6.07, 6.45) is 0. The minimum atomic E-state index is -0.509. The van der Waals surface area contributed by atoms with Crippen LogP contribution in [0.1, 0.15) is 5.56 Å². The Morgan fingerprint density at radius 1 is 1.32 bits per heavy atom. The van der Waals surface area contributed by atoms with Gasteiger partial charge in [0.25, 0.3) is 0 Å². The van der Waals surface area contributed by atoms with Gasteiger partial charge >= 0.3 is 0 Å². The molecule has 2 rings (SSSR count). The van der Waals surface area contributed by atoms with Crippen LogP contribution in [0.15, 0.2) is 40.9 Å². The normalized spacial score (nSPS) is 10.0. The van der Waals surface area contributed by atoms with E-state index in [9.17, 15) is 9.50 Å². The van der Waals surface area contributed by atoms with E-state index in [2.05, 4.69) is 15.9 Å². The Morgan fingerprint density at radius 2 is 2.05 bits per heavy atom. The summed E-state index contributed by atoms with van der Waals surface area (Å²) in [6.45, 7) is 0. The Bertz CT molecular complexity index is 667. The molecular formula is C14H10BrFN2O. The van der Waals surface area contributed by atoms with Crippen molar-refractivity contribution >= 4 is 27.3 Å². The minimum Gasteiger partial charge on any atom is -0.508 e. The fourth-order valence-corrected chi connectivity index (χ4v) is 2.15. The van der Waals surface area contributed by atoms with Crippen molar-refractivity contribution in [3.63, 3.8) is 0 Å². The number of benzene rings is 2. The van der Waals surface area contributed by atoms with Crippen LogP contribution in [0.2, 0.25) is 0 Å². The van der Waals surface area contributed by atoms with Gasteiger partial charge in [-0.1, -0.05) is 6.07 Å². The van der Waals surface area contributed by atoms with Gasteiger partial charge in [-0.2, -0.15) is 5.26 Å². The second-order valence-corrected chi connectivity index (χ2v) is 4.74. The van der Waals surface area contributed by atoms with Crippen LogP contribution in [0.3, 0.4) is 0 Å².